The Morgan fingerprint density at radius 2 is 1.55 bits per heavy atom. The van der Waals surface area contributed by atoms with Crippen LogP contribution in [0.2, 0.25) is 0 Å². The molecular formula is C26H33N3O2. The zero-order valence-corrected chi connectivity index (χ0v) is 18.5. The second-order valence-corrected chi connectivity index (χ2v) is 11.0. The van der Waals surface area contributed by atoms with Gasteiger partial charge in [-0.05, 0) is 86.5 Å². The van der Waals surface area contributed by atoms with E-state index in [1.807, 2.05) is 37.3 Å². The molecule has 5 aliphatic carbocycles. The zero-order chi connectivity index (χ0) is 21.3. The Bertz CT molecular complexity index is 953. The van der Waals surface area contributed by atoms with Crippen LogP contribution in [0, 0.1) is 21.7 Å². The van der Waals surface area contributed by atoms with Crippen molar-refractivity contribution in [3.05, 3.63) is 35.9 Å². The summed E-state index contributed by atoms with van der Waals surface area (Å²) in [4.78, 5) is 24.8. The van der Waals surface area contributed by atoms with Crippen LogP contribution in [0.15, 0.2) is 35.4 Å². The Labute approximate surface area is 184 Å². The molecule has 0 saturated heterocycles. The van der Waals surface area contributed by atoms with Crippen LogP contribution in [-0.4, -0.2) is 17.5 Å². The molecular weight excluding hydrogens is 386 g/mol. The van der Waals surface area contributed by atoms with Crippen molar-refractivity contribution in [3.63, 3.8) is 0 Å². The lowest BCUT2D eigenvalue weighted by Crippen LogP contribution is -2.80. The molecule has 2 amide bonds. The maximum Gasteiger partial charge on any atom is 0.329 e. The van der Waals surface area contributed by atoms with E-state index < -0.39 is 11.8 Å². The van der Waals surface area contributed by atoms with E-state index in [4.69, 9.17) is 0 Å². The van der Waals surface area contributed by atoms with Crippen LogP contribution in [0.3, 0.4) is 0 Å². The number of nitrogens with one attached hydrogen (secondary N) is 2. The molecule has 5 saturated carbocycles. The summed E-state index contributed by atoms with van der Waals surface area (Å²) in [7, 11) is 0. The van der Waals surface area contributed by atoms with Crippen molar-refractivity contribution in [1.29, 1.82) is 0 Å². The number of benzene rings is 1. The lowest BCUT2D eigenvalue weighted by atomic mass is 9.18. The summed E-state index contributed by atoms with van der Waals surface area (Å²) in [5.41, 5.74) is 6.63. The van der Waals surface area contributed by atoms with Gasteiger partial charge in [0.2, 0.25) is 0 Å². The van der Waals surface area contributed by atoms with Crippen molar-refractivity contribution in [1.82, 2.24) is 10.7 Å². The fourth-order valence-corrected chi connectivity index (χ4v) is 8.43. The molecule has 5 fully saturated rings. The molecule has 5 heteroatoms. The van der Waals surface area contributed by atoms with E-state index in [1.165, 1.54) is 64.2 Å². The molecule has 31 heavy (non-hydrogen) atoms. The average molecular weight is 420 g/mol. The van der Waals surface area contributed by atoms with Crippen molar-refractivity contribution >= 4 is 17.5 Å². The molecule has 0 unspecified atom stereocenters. The number of nitrogens with zero attached hydrogens (tertiary/aromatic N) is 1. The highest BCUT2D eigenvalue weighted by Crippen LogP contribution is 2.89. The van der Waals surface area contributed by atoms with E-state index in [1.54, 1.807) is 0 Å². The standard InChI is InChI=1S/C26H33N3O2/c1-18(19-7-3-2-4-8-19)27-21(30)22(31)29-28-20-17-26(24(20)11-6-12-24)16-15-25(26)14-13-23(25)9-5-10-23/h2-4,7-8,18H,5-6,9-17H2,1H3,(H,27,30)(H,29,31)/b28-20-/t18-,25-,26+/m0/s1. The van der Waals surface area contributed by atoms with Crippen molar-refractivity contribution in [3.8, 4) is 0 Å². The van der Waals surface area contributed by atoms with Gasteiger partial charge >= 0.3 is 11.8 Å². The van der Waals surface area contributed by atoms with Crippen LogP contribution >= 0.6 is 0 Å². The molecule has 0 radical (unpaired) electrons. The number of hydrogen-bond acceptors (Lipinski definition) is 3. The Balaban J connectivity index is 1.13. The second-order valence-electron chi connectivity index (χ2n) is 11.0. The lowest BCUT2D eigenvalue weighted by Gasteiger charge is -2.86. The summed E-state index contributed by atoms with van der Waals surface area (Å²) >= 11 is 0. The summed E-state index contributed by atoms with van der Waals surface area (Å²) in [6, 6.07) is 9.46. The van der Waals surface area contributed by atoms with E-state index in [2.05, 4.69) is 15.8 Å². The van der Waals surface area contributed by atoms with E-state index in [9.17, 15) is 9.59 Å². The van der Waals surface area contributed by atoms with Gasteiger partial charge in [-0.3, -0.25) is 9.59 Å². The normalized spacial score (nSPS) is 35.5. The van der Waals surface area contributed by atoms with Crippen LogP contribution in [0.5, 0.6) is 0 Å². The Morgan fingerprint density at radius 1 is 0.871 bits per heavy atom. The van der Waals surface area contributed by atoms with E-state index in [0.29, 0.717) is 16.2 Å². The van der Waals surface area contributed by atoms with Gasteiger partial charge in [0.05, 0.1) is 6.04 Å². The maximum absolute atomic E-state index is 12.4. The van der Waals surface area contributed by atoms with Crippen LogP contribution in [0.1, 0.15) is 89.2 Å². The first-order valence-corrected chi connectivity index (χ1v) is 12.2. The summed E-state index contributed by atoms with van der Waals surface area (Å²) in [5.74, 6) is -1.28. The van der Waals surface area contributed by atoms with Crippen molar-refractivity contribution < 1.29 is 9.59 Å². The number of carbonyl (C=O) groups is 2. The highest BCUT2D eigenvalue weighted by molar-refractivity contribution is 6.35. The van der Waals surface area contributed by atoms with Gasteiger partial charge in [0.25, 0.3) is 0 Å². The first-order chi connectivity index (χ1) is 15.0. The third-order valence-electron chi connectivity index (χ3n) is 10.5. The van der Waals surface area contributed by atoms with E-state index >= 15 is 0 Å². The Morgan fingerprint density at radius 3 is 2.06 bits per heavy atom. The largest absolute Gasteiger partial charge is 0.341 e. The smallest absolute Gasteiger partial charge is 0.329 e. The average Bonchev–Trinajstić information content (AvgIpc) is 2.63. The van der Waals surface area contributed by atoms with Gasteiger partial charge in [-0.1, -0.05) is 43.2 Å². The third-order valence-corrected chi connectivity index (χ3v) is 10.5. The van der Waals surface area contributed by atoms with Gasteiger partial charge < -0.3 is 5.32 Å². The maximum atomic E-state index is 12.4. The van der Waals surface area contributed by atoms with Gasteiger partial charge in [0.1, 0.15) is 0 Å². The molecule has 2 N–H and O–H groups in total. The summed E-state index contributed by atoms with van der Waals surface area (Å²) in [6.07, 6.45) is 14.6. The molecule has 6 rings (SSSR count). The van der Waals surface area contributed by atoms with Gasteiger partial charge in [0, 0.05) is 11.1 Å². The van der Waals surface area contributed by atoms with Crippen LogP contribution in [-0.2, 0) is 9.59 Å². The van der Waals surface area contributed by atoms with Gasteiger partial charge in [-0.15, -0.1) is 0 Å². The first kappa shape index (κ1) is 19.5. The molecule has 4 spiro atoms. The van der Waals surface area contributed by atoms with Crippen molar-refractivity contribution in [2.45, 2.75) is 83.6 Å². The van der Waals surface area contributed by atoms with Gasteiger partial charge in [-0.25, -0.2) is 5.43 Å². The van der Waals surface area contributed by atoms with Gasteiger partial charge in [0.15, 0.2) is 0 Å². The lowest BCUT2D eigenvalue weighted by molar-refractivity contribution is -0.327. The van der Waals surface area contributed by atoms with Gasteiger partial charge in [-0.2, -0.15) is 5.10 Å². The minimum Gasteiger partial charge on any atom is -0.341 e. The fourth-order valence-electron chi connectivity index (χ4n) is 8.43. The van der Waals surface area contributed by atoms with E-state index in [0.717, 1.165) is 17.7 Å². The highest BCUT2D eigenvalue weighted by atomic mass is 16.2. The summed E-state index contributed by atoms with van der Waals surface area (Å²) < 4.78 is 0. The molecule has 0 aromatic heterocycles. The van der Waals surface area contributed by atoms with Crippen LogP contribution in [0.4, 0.5) is 0 Å². The minimum absolute atomic E-state index is 0.218. The number of fused-ring (bicyclic) bond motifs is 3. The number of hydrogen-bond donors (Lipinski definition) is 2. The number of carbonyl (C=O) groups excluding carboxylic acids is 2. The summed E-state index contributed by atoms with van der Waals surface area (Å²) in [6.45, 7) is 1.89. The highest BCUT2D eigenvalue weighted by Gasteiger charge is 2.83. The Hall–Kier alpha value is -2.17. The fraction of sp³-hybridized carbons (Fsp3) is 0.654. The zero-order valence-electron chi connectivity index (χ0n) is 18.5. The predicted octanol–water partition coefficient (Wildman–Crippen LogP) is 4.64. The number of hydrazone groups is 1. The number of amides is 2. The van der Waals surface area contributed by atoms with Crippen molar-refractivity contribution in [2.75, 3.05) is 0 Å². The molecule has 1 aromatic carbocycles. The van der Waals surface area contributed by atoms with Crippen LogP contribution < -0.4 is 10.7 Å². The summed E-state index contributed by atoms with van der Waals surface area (Å²) in [5, 5.41) is 7.33. The second kappa shape index (κ2) is 6.43. The number of rotatable bonds is 3. The molecule has 0 heterocycles. The molecule has 0 bridgehead atoms. The molecule has 3 atom stereocenters. The van der Waals surface area contributed by atoms with Crippen molar-refractivity contribution in [2.24, 2.45) is 26.8 Å². The molecule has 5 nitrogen and oxygen atoms in total. The van der Waals surface area contributed by atoms with E-state index in [-0.39, 0.29) is 11.5 Å². The quantitative estimate of drug-likeness (QED) is 0.553. The topological polar surface area (TPSA) is 70.6 Å². The third kappa shape index (κ3) is 2.25. The molecule has 0 aliphatic heterocycles. The monoisotopic (exact) mass is 419 g/mol. The Kier molecular flexibility index (Phi) is 4.05. The van der Waals surface area contributed by atoms with Crippen LogP contribution in [0.25, 0.3) is 0 Å². The SMILES string of the molecule is C[C@H](NC(=O)C(=O)N/N=C1/C[C@]2(CC[C@]23CCC32CCC2)C12CCC2)c1ccccc1. The first-order valence-electron chi connectivity index (χ1n) is 12.2. The molecule has 1 aromatic rings. The predicted molar refractivity (Wildman–Crippen MR) is 119 cm³/mol. The molecule has 5 aliphatic rings. The molecule has 164 valence electrons. The minimum atomic E-state index is -0.659.